The van der Waals surface area contributed by atoms with Gasteiger partial charge in [-0.25, -0.2) is 12.8 Å². The van der Waals surface area contributed by atoms with Crippen LogP contribution in [0.15, 0.2) is 67.0 Å². The number of benzene rings is 3. The van der Waals surface area contributed by atoms with E-state index in [-0.39, 0.29) is 18.3 Å². The third-order valence-corrected chi connectivity index (χ3v) is 8.14. The number of sulfonamides is 1. The molecule has 8 nitrogen and oxygen atoms in total. The van der Waals surface area contributed by atoms with Gasteiger partial charge in [0.05, 0.1) is 24.4 Å². The predicted octanol–water partition coefficient (Wildman–Crippen LogP) is 5.63. The van der Waals surface area contributed by atoms with Crippen molar-refractivity contribution in [3.63, 3.8) is 0 Å². The van der Waals surface area contributed by atoms with E-state index in [1.165, 1.54) is 23.5 Å². The molecule has 10 heteroatoms. The summed E-state index contributed by atoms with van der Waals surface area (Å²) >= 11 is 0. The summed E-state index contributed by atoms with van der Waals surface area (Å²) in [6, 6.07) is 15.5. The molecule has 40 heavy (non-hydrogen) atoms. The molecule has 0 fully saturated rings. The number of aromatic nitrogens is 2. The Bertz CT molecular complexity index is 1800. The molecule has 0 unspecified atom stereocenters. The Hall–Kier alpha value is -4.31. The van der Waals surface area contributed by atoms with E-state index < -0.39 is 10.0 Å². The standard InChI is InChI=1S/C30H30FN3O5S/c1-5-34-17-25-26(30(34)35)29(39-18-20-8-12-23(38-3)13-9-20)27-24(28(25)33(2)40(4,36)37)15-21(16-32-27)14-19-6-10-22(31)11-7-19/h6-13,15-17,35H,5,14,18H2,1-4H3. The van der Waals surface area contributed by atoms with Gasteiger partial charge in [0, 0.05) is 36.8 Å². The third-order valence-electron chi connectivity index (χ3n) is 6.96. The first-order valence-electron chi connectivity index (χ1n) is 12.7. The van der Waals surface area contributed by atoms with E-state index in [1.807, 2.05) is 37.3 Å². The van der Waals surface area contributed by atoms with Gasteiger partial charge in [-0.15, -0.1) is 0 Å². The van der Waals surface area contributed by atoms with Crippen molar-refractivity contribution in [3.8, 4) is 17.4 Å². The minimum atomic E-state index is -3.68. The van der Waals surface area contributed by atoms with Crippen LogP contribution in [-0.4, -0.2) is 43.5 Å². The molecule has 5 rings (SSSR count). The second kappa shape index (κ2) is 10.7. The van der Waals surface area contributed by atoms with E-state index in [0.29, 0.717) is 46.1 Å². The molecule has 0 amide bonds. The van der Waals surface area contributed by atoms with Gasteiger partial charge in [-0.05, 0) is 60.4 Å². The molecule has 208 valence electrons. The summed E-state index contributed by atoms with van der Waals surface area (Å²) in [4.78, 5) is 4.73. The number of fused-ring (bicyclic) bond motifs is 2. The lowest BCUT2D eigenvalue weighted by Gasteiger charge is -2.22. The van der Waals surface area contributed by atoms with E-state index in [9.17, 15) is 17.9 Å². The molecule has 5 aromatic rings. The average molecular weight is 564 g/mol. The largest absolute Gasteiger partial charge is 0.497 e. The smallest absolute Gasteiger partial charge is 0.232 e. The molecule has 0 saturated carbocycles. The lowest BCUT2D eigenvalue weighted by molar-refractivity contribution is 0.311. The minimum Gasteiger partial charge on any atom is -0.497 e. The molecule has 0 atom stereocenters. The quantitative estimate of drug-likeness (QED) is 0.250. The molecule has 0 radical (unpaired) electrons. The first-order valence-corrected chi connectivity index (χ1v) is 14.6. The monoisotopic (exact) mass is 563 g/mol. The maximum Gasteiger partial charge on any atom is 0.232 e. The lowest BCUT2D eigenvalue weighted by Crippen LogP contribution is -2.25. The fourth-order valence-electron chi connectivity index (χ4n) is 4.78. The van der Waals surface area contributed by atoms with Gasteiger partial charge < -0.3 is 19.1 Å². The number of halogens is 1. The molecule has 0 aliphatic heterocycles. The van der Waals surface area contributed by atoms with Gasteiger partial charge in [0.2, 0.25) is 15.9 Å². The number of hydrogen-bond donors (Lipinski definition) is 1. The summed E-state index contributed by atoms with van der Waals surface area (Å²) in [5.74, 6) is 0.713. The average Bonchev–Trinajstić information content (AvgIpc) is 3.27. The molecule has 0 saturated heterocycles. The maximum atomic E-state index is 13.5. The van der Waals surface area contributed by atoms with Crippen LogP contribution < -0.4 is 13.8 Å². The number of methoxy groups -OCH3 is 1. The van der Waals surface area contributed by atoms with E-state index in [0.717, 1.165) is 28.7 Å². The Kier molecular flexibility index (Phi) is 7.29. The van der Waals surface area contributed by atoms with Crippen molar-refractivity contribution in [1.82, 2.24) is 9.55 Å². The fraction of sp³-hybridized carbons (Fsp3) is 0.233. The second-order valence-corrected chi connectivity index (χ2v) is 11.6. The van der Waals surface area contributed by atoms with Crippen LogP contribution in [0.3, 0.4) is 0 Å². The van der Waals surface area contributed by atoms with Gasteiger partial charge in [-0.1, -0.05) is 24.3 Å². The number of pyridine rings is 1. The highest BCUT2D eigenvalue weighted by Gasteiger charge is 2.27. The van der Waals surface area contributed by atoms with Crippen LogP contribution in [0.4, 0.5) is 10.1 Å². The number of aryl methyl sites for hydroxylation is 1. The highest BCUT2D eigenvalue weighted by molar-refractivity contribution is 7.92. The van der Waals surface area contributed by atoms with Crippen molar-refractivity contribution in [2.75, 3.05) is 24.7 Å². The van der Waals surface area contributed by atoms with E-state index in [1.54, 1.807) is 36.2 Å². The maximum absolute atomic E-state index is 13.5. The topological polar surface area (TPSA) is 93.9 Å². The Balaban J connectivity index is 1.73. The summed E-state index contributed by atoms with van der Waals surface area (Å²) in [5.41, 5.74) is 3.37. The molecule has 0 bridgehead atoms. The summed E-state index contributed by atoms with van der Waals surface area (Å²) in [6.45, 7) is 2.53. The molecule has 3 aromatic carbocycles. The van der Waals surface area contributed by atoms with Crippen molar-refractivity contribution in [2.24, 2.45) is 0 Å². The van der Waals surface area contributed by atoms with Gasteiger partial charge in [0.1, 0.15) is 23.7 Å². The van der Waals surface area contributed by atoms with Crippen LogP contribution in [0.2, 0.25) is 0 Å². The molecule has 2 heterocycles. The molecule has 0 aliphatic rings. The van der Waals surface area contributed by atoms with Crippen LogP contribution in [0.1, 0.15) is 23.6 Å². The van der Waals surface area contributed by atoms with Crippen LogP contribution in [-0.2, 0) is 29.6 Å². The highest BCUT2D eigenvalue weighted by Crippen LogP contribution is 2.47. The Morgan fingerprint density at radius 2 is 1.70 bits per heavy atom. The summed E-state index contributed by atoms with van der Waals surface area (Å²) < 4.78 is 53.5. The summed E-state index contributed by atoms with van der Waals surface area (Å²) in [5, 5.41) is 12.7. The van der Waals surface area contributed by atoms with Crippen molar-refractivity contribution in [1.29, 1.82) is 0 Å². The van der Waals surface area contributed by atoms with Gasteiger partial charge in [0.15, 0.2) is 5.75 Å². The third kappa shape index (κ3) is 5.14. The normalized spacial score (nSPS) is 11.7. The van der Waals surface area contributed by atoms with Crippen LogP contribution >= 0.6 is 0 Å². The Morgan fingerprint density at radius 1 is 1.02 bits per heavy atom. The van der Waals surface area contributed by atoms with E-state index >= 15 is 0 Å². The Labute approximate surface area is 232 Å². The van der Waals surface area contributed by atoms with E-state index in [2.05, 4.69) is 0 Å². The number of hydrogen-bond acceptors (Lipinski definition) is 6. The number of ether oxygens (including phenoxy) is 2. The first-order chi connectivity index (χ1) is 19.1. The molecule has 0 spiro atoms. The second-order valence-electron chi connectivity index (χ2n) is 9.62. The van der Waals surface area contributed by atoms with Gasteiger partial charge in [-0.3, -0.25) is 9.29 Å². The molecule has 0 aliphatic carbocycles. The molecule has 2 aromatic heterocycles. The van der Waals surface area contributed by atoms with Crippen molar-refractivity contribution in [2.45, 2.75) is 26.5 Å². The summed E-state index contributed by atoms with van der Waals surface area (Å²) in [7, 11) is -0.602. The fourth-order valence-corrected chi connectivity index (χ4v) is 5.31. The predicted molar refractivity (Wildman–Crippen MR) is 154 cm³/mol. The van der Waals surface area contributed by atoms with Gasteiger partial charge >= 0.3 is 0 Å². The minimum absolute atomic E-state index is 0.0375. The lowest BCUT2D eigenvalue weighted by atomic mass is 10.0. The van der Waals surface area contributed by atoms with Crippen molar-refractivity contribution < 1.29 is 27.4 Å². The summed E-state index contributed by atoms with van der Waals surface area (Å²) in [6.07, 6.45) is 5.02. The number of aromatic hydroxyl groups is 1. The van der Waals surface area contributed by atoms with Gasteiger partial charge in [0.25, 0.3) is 0 Å². The molecular weight excluding hydrogens is 533 g/mol. The number of anilines is 1. The van der Waals surface area contributed by atoms with Crippen LogP contribution in [0.25, 0.3) is 21.7 Å². The number of rotatable bonds is 9. The Morgan fingerprint density at radius 3 is 2.33 bits per heavy atom. The number of nitrogens with zero attached hydrogens (tertiary/aromatic N) is 3. The highest BCUT2D eigenvalue weighted by atomic mass is 32.2. The van der Waals surface area contributed by atoms with Crippen molar-refractivity contribution in [3.05, 3.63) is 89.5 Å². The molecular formula is C30H30FN3O5S. The van der Waals surface area contributed by atoms with E-state index in [4.69, 9.17) is 14.5 Å². The first kappa shape index (κ1) is 27.3. The zero-order chi connectivity index (χ0) is 28.6. The zero-order valence-electron chi connectivity index (χ0n) is 22.7. The van der Waals surface area contributed by atoms with Crippen molar-refractivity contribution >= 4 is 37.4 Å². The van der Waals surface area contributed by atoms with Gasteiger partial charge in [-0.2, -0.15) is 0 Å². The SMILES string of the molecule is CCn1cc2c(N(C)S(C)(=O)=O)c3cc(Cc4ccc(F)cc4)cnc3c(OCc3ccc(OC)cc3)c2c1O. The van der Waals surface area contributed by atoms with Crippen LogP contribution in [0.5, 0.6) is 17.4 Å². The zero-order valence-corrected chi connectivity index (χ0v) is 23.5. The van der Waals surface area contributed by atoms with Crippen LogP contribution in [0, 0.1) is 5.82 Å². The molecule has 1 N–H and O–H groups in total.